The van der Waals surface area contributed by atoms with Gasteiger partial charge in [-0.3, -0.25) is 4.79 Å². The number of carbonyl (C=O) groups excluding carboxylic acids is 1. The largest absolute Gasteiger partial charge is 0.366 e. The number of aromatic amines is 1. The van der Waals surface area contributed by atoms with E-state index in [0.717, 1.165) is 34.0 Å². The van der Waals surface area contributed by atoms with Gasteiger partial charge in [0.15, 0.2) is 0 Å². The van der Waals surface area contributed by atoms with Crippen LogP contribution in [0.15, 0.2) is 24.4 Å². The predicted molar refractivity (Wildman–Crippen MR) is 98.8 cm³/mol. The van der Waals surface area contributed by atoms with Gasteiger partial charge in [0.25, 0.3) is 0 Å². The lowest BCUT2D eigenvalue weighted by atomic mass is 9.85. The molecule has 2 heterocycles. The van der Waals surface area contributed by atoms with E-state index in [2.05, 4.69) is 28.3 Å². The van der Waals surface area contributed by atoms with E-state index in [0.29, 0.717) is 29.2 Å². The number of carbonyl (C=O) groups is 1. The highest BCUT2D eigenvalue weighted by Gasteiger charge is 2.27. The van der Waals surface area contributed by atoms with Crippen molar-refractivity contribution in [1.82, 2.24) is 9.97 Å². The molecule has 1 aliphatic carbocycles. The van der Waals surface area contributed by atoms with Gasteiger partial charge in [-0.2, -0.15) is 5.26 Å². The van der Waals surface area contributed by atoms with Gasteiger partial charge in [0.05, 0.1) is 16.5 Å². The highest BCUT2D eigenvalue weighted by atomic mass is 35.5. The molecule has 25 heavy (non-hydrogen) atoms. The van der Waals surface area contributed by atoms with Crippen molar-refractivity contribution in [1.29, 1.82) is 5.26 Å². The Morgan fingerprint density at radius 2 is 2.28 bits per heavy atom. The van der Waals surface area contributed by atoms with Crippen LogP contribution in [0.3, 0.4) is 0 Å². The highest BCUT2D eigenvalue weighted by molar-refractivity contribution is 6.31. The Morgan fingerprint density at radius 1 is 1.44 bits per heavy atom. The number of pyridine rings is 1. The third-order valence-corrected chi connectivity index (χ3v) is 5.24. The second kappa shape index (κ2) is 6.05. The average Bonchev–Trinajstić information content (AvgIpc) is 2.96. The first kappa shape index (κ1) is 15.9. The fourth-order valence-corrected chi connectivity index (χ4v) is 3.84. The van der Waals surface area contributed by atoms with Gasteiger partial charge < -0.3 is 10.3 Å². The molecule has 0 spiro atoms. The number of hydrogen-bond donors (Lipinski definition) is 2. The van der Waals surface area contributed by atoms with Crippen LogP contribution in [0.2, 0.25) is 5.02 Å². The molecule has 0 aliphatic heterocycles. The lowest BCUT2D eigenvalue weighted by molar-refractivity contribution is -0.121. The highest BCUT2D eigenvalue weighted by Crippen LogP contribution is 2.35. The summed E-state index contributed by atoms with van der Waals surface area (Å²) in [6.07, 6.45) is 3.59. The Kier molecular flexibility index (Phi) is 3.85. The quantitative estimate of drug-likeness (QED) is 0.715. The molecule has 4 rings (SSSR count). The van der Waals surface area contributed by atoms with E-state index in [1.807, 2.05) is 18.2 Å². The lowest BCUT2D eigenvalue weighted by Crippen LogP contribution is -2.34. The van der Waals surface area contributed by atoms with E-state index in [-0.39, 0.29) is 12.0 Å². The maximum atomic E-state index is 11.6. The molecular weight excluding hydrogens is 336 g/mol. The maximum Gasteiger partial charge on any atom is 0.136 e. The Hall–Kier alpha value is -2.58. The zero-order valence-electron chi connectivity index (χ0n) is 13.8. The second-order valence-electron chi connectivity index (χ2n) is 6.71. The van der Waals surface area contributed by atoms with E-state index in [1.165, 1.54) is 0 Å². The molecule has 2 atom stereocenters. The number of rotatable bonds is 2. The van der Waals surface area contributed by atoms with Crippen LogP contribution in [0.25, 0.3) is 21.8 Å². The Labute approximate surface area is 150 Å². The molecule has 2 N–H and O–H groups in total. The molecule has 0 amide bonds. The first-order valence-corrected chi connectivity index (χ1v) is 8.73. The van der Waals surface area contributed by atoms with Crippen LogP contribution >= 0.6 is 11.6 Å². The van der Waals surface area contributed by atoms with Gasteiger partial charge in [-0.05, 0) is 24.5 Å². The molecule has 0 bridgehead atoms. The van der Waals surface area contributed by atoms with Gasteiger partial charge in [0.1, 0.15) is 17.7 Å². The van der Waals surface area contributed by atoms with Crippen LogP contribution in [0.5, 0.6) is 0 Å². The standard InChI is InChI=1S/C19H17ClN4O/c1-10-6-13(25)3-5-15(10)24-19-17-14-4-2-12(20)7-16(14)23-18(17)11(8-21)9-22-19/h2,4,7,9-10,15,23H,3,5-6H2,1H3,(H,22,24)/t10-,15?/m1/s1. The lowest BCUT2D eigenvalue weighted by Gasteiger charge is -2.29. The van der Waals surface area contributed by atoms with Crippen LogP contribution in [0.4, 0.5) is 5.82 Å². The number of nitriles is 1. The fourth-order valence-electron chi connectivity index (χ4n) is 3.66. The van der Waals surface area contributed by atoms with Crippen LogP contribution < -0.4 is 5.32 Å². The summed E-state index contributed by atoms with van der Waals surface area (Å²) < 4.78 is 0. The number of benzene rings is 1. The molecule has 126 valence electrons. The van der Waals surface area contributed by atoms with Crippen LogP contribution in [0.1, 0.15) is 31.7 Å². The van der Waals surface area contributed by atoms with Crippen molar-refractivity contribution in [2.24, 2.45) is 5.92 Å². The maximum absolute atomic E-state index is 11.6. The molecular formula is C19H17ClN4O. The summed E-state index contributed by atoms with van der Waals surface area (Å²) in [5, 5.41) is 15.4. The summed E-state index contributed by atoms with van der Waals surface area (Å²) >= 11 is 6.10. The fraction of sp³-hybridized carbons (Fsp3) is 0.316. The van der Waals surface area contributed by atoms with Crippen LogP contribution in [-0.4, -0.2) is 21.8 Å². The first-order chi connectivity index (χ1) is 12.1. The number of H-pyrrole nitrogens is 1. The molecule has 6 heteroatoms. The number of nitrogens with zero attached hydrogens (tertiary/aromatic N) is 2. The smallest absolute Gasteiger partial charge is 0.136 e. The van der Waals surface area contributed by atoms with E-state index >= 15 is 0 Å². The molecule has 1 aromatic carbocycles. The molecule has 0 saturated heterocycles. The van der Waals surface area contributed by atoms with Crippen molar-refractivity contribution < 1.29 is 4.79 Å². The van der Waals surface area contributed by atoms with Crippen molar-refractivity contribution in [3.05, 3.63) is 35.0 Å². The van der Waals surface area contributed by atoms with Gasteiger partial charge in [-0.1, -0.05) is 24.6 Å². The van der Waals surface area contributed by atoms with E-state index < -0.39 is 0 Å². The van der Waals surface area contributed by atoms with Gasteiger partial charge in [-0.25, -0.2) is 4.98 Å². The van der Waals surface area contributed by atoms with E-state index in [1.54, 1.807) is 6.20 Å². The van der Waals surface area contributed by atoms with Gasteiger partial charge >= 0.3 is 0 Å². The summed E-state index contributed by atoms with van der Waals surface area (Å²) in [6, 6.07) is 8.01. The number of aromatic nitrogens is 2. The van der Waals surface area contributed by atoms with E-state index in [9.17, 15) is 10.1 Å². The molecule has 5 nitrogen and oxygen atoms in total. The number of halogens is 1. The molecule has 2 aromatic heterocycles. The molecule has 1 unspecified atom stereocenters. The van der Waals surface area contributed by atoms with Crippen molar-refractivity contribution in [3.8, 4) is 6.07 Å². The number of ketones is 1. The third-order valence-electron chi connectivity index (χ3n) is 5.00. The number of anilines is 1. The van der Waals surface area contributed by atoms with Crippen molar-refractivity contribution in [2.45, 2.75) is 32.2 Å². The van der Waals surface area contributed by atoms with Crippen LogP contribution in [0, 0.1) is 17.2 Å². The topological polar surface area (TPSA) is 81.6 Å². The van der Waals surface area contributed by atoms with Gasteiger partial charge in [0.2, 0.25) is 0 Å². The summed E-state index contributed by atoms with van der Waals surface area (Å²) in [4.78, 5) is 19.4. The van der Waals surface area contributed by atoms with E-state index in [4.69, 9.17) is 11.6 Å². The average molecular weight is 353 g/mol. The van der Waals surface area contributed by atoms with Crippen molar-refractivity contribution >= 4 is 45.0 Å². The molecule has 1 aliphatic rings. The third kappa shape index (κ3) is 2.73. The Bertz CT molecular complexity index is 1030. The minimum Gasteiger partial charge on any atom is -0.366 e. The normalized spacial score (nSPS) is 20.8. The molecule has 0 radical (unpaired) electrons. The Balaban J connectivity index is 1.85. The first-order valence-electron chi connectivity index (χ1n) is 8.35. The summed E-state index contributed by atoms with van der Waals surface area (Å²) in [5.41, 5.74) is 2.14. The summed E-state index contributed by atoms with van der Waals surface area (Å²) in [7, 11) is 0. The number of fused-ring (bicyclic) bond motifs is 3. The minimum atomic E-state index is 0.193. The SMILES string of the molecule is C[C@@H]1CC(=O)CCC1Nc1ncc(C#N)c2[nH]c3cc(Cl)ccc3c12. The van der Waals surface area contributed by atoms with Crippen molar-refractivity contribution in [2.75, 3.05) is 5.32 Å². The number of Topliss-reactive ketones (excluding diaryl/α,β-unsaturated/α-hetero) is 1. The minimum absolute atomic E-state index is 0.193. The van der Waals surface area contributed by atoms with Crippen molar-refractivity contribution in [3.63, 3.8) is 0 Å². The number of hydrogen-bond acceptors (Lipinski definition) is 4. The predicted octanol–water partition coefficient (Wildman–Crippen LogP) is 4.41. The molecule has 1 saturated carbocycles. The molecule has 1 fully saturated rings. The summed E-state index contributed by atoms with van der Waals surface area (Å²) in [6.45, 7) is 2.09. The van der Waals surface area contributed by atoms with Gasteiger partial charge in [-0.15, -0.1) is 0 Å². The zero-order chi connectivity index (χ0) is 17.6. The second-order valence-corrected chi connectivity index (χ2v) is 7.14. The zero-order valence-corrected chi connectivity index (χ0v) is 14.5. The molecule has 3 aromatic rings. The van der Waals surface area contributed by atoms with Gasteiger partial charge in [0, 0.05) is 41.0 Å². The van der Waals surface area contributed by atoms with Crippen LogP contribution in [-0.2, 0) is 4.79 Å². The number of nitrogens with one attached hydrogen (secondary N) is 2. The monoisotopic (exact) mass is 352 g/mol. The summed E-state index contributed by atoms with van der Waals surface area (Å²) in [5.74, 6) is 1.33. The Morgan fingerprint density at radius 3 is 3.04 bits per heavy atom.